The largest absolute Gasteiger partial charge is 0.336 e. The van der Waals surface area contributed by atoms with E-state index in [9.17, 15) is 0 Å². The number of nitrogens with zero attached hydrogens (tertiary/aromatic N) is 8. The Morgan fingerprint density at radius 2 is 1.82 bits per heavy atom. The summed E-state index contributed by atoms with van der Waals surface area (Å²) in [5, 5.41) is 8.00. The molecule has 4 aromatic rings. The van der Waals surface area contributed by atoms with Crippen LogP contribution in [-0.4, -0.2) is 72.3 Å². The number of anilines is 2. The Labute approximate surface area is 193 Å². The van der Waals surface area contributed by atoms with Gasteiger partial charge in [0.2, 0.25) is 0 Å². The molecule has 3 aromatic heterocycles. The van der Waals surface area contributed by atoms with Crippen LogP contribution in [0.25, 0.3) is 16.9 Å². The van der Waals surface area contributed by atoms with E-state index < -0.39 is 0 Å². The second-order valence-electron chi connectivity index (χ2n) is 9.08. The fraction of sp³-hybridized carbons (Fsp3) is 0.417. The standard InChI is InChI=1S/C24H29N9/c1-30-10-12-31(13-11-30)15-18-5-7-20(8-6-18)33-16-19(14-27-33)28-23-22-24(26-17-25-23)29-21-4-2-3-9-32(21)22/h5-8,14,16-17H,2-4,9-13,15H2,1H3,(H,25,26,28). The zero-order valence-electron chi connectivity index (χ0n) is 19.0. The SMILES string of the molecule is CN1CCN(Cc2ccc(-n3cc(Nc4ncnc5nc6n(c45)CCCC6)cn3)cc2)CC1. The Kier molecular flexibility index (Phi) is 5.27. The van der Waals surface area contributed by atoms with Crippen molar-refractivity contribution in [3.63, 3.8) is 0 Å². The monoisotopic (exact) mass is 443 g/mol. The van der Waals surface area contributed by atoms with Crippen LogP contribution in [0.15, 0.2) is 43.0 Å². The van der Waals surface area contributed by atoms with Crippen molar-refractivity contribution in [2.75, 3.05) is 38.5 Å². The average molecular weight is 444 g/mol. The number of benzene rings is 1. The lowest BCUT2D eigenvalue weighted by molar-refractivity contribution is 0.148. The maximum Gasteiger partial charge on any atom is 0.183 e. The predicted octanol–water partition coefficient (Wildman–Crippen LogP) is 2.84. The quantitative estimate of drug-likeness (QED) is 0.508. The number of piperazine rings is 1. The van der Waals surface area contributed by atoms with Crippen LogP contribution in [0.2, 0.25) is 0 Å². The third-order valence-corrected chi connectivity index (χ3v) is 6.70. The fourth-order valence-electron chi connectivity index (χ4n) is 4.77. The summed E-state index contributed by atoms with van der Waals surface area (Å²) in [4.78, 5) is 18.5. The number of hydrogen-bond donors (Lipinski definition) is 1. The Morgan fingerprint density at radius 1 is 0.970 bits per heavy atom. The third-order valence-electron chi connectivity index (χ3n) is 6.70. The Bertz CT molecular complexity index is 1250. The highest BCUT2D eigenvalue weighted by atomic mass is 15.3. The van der Waals surface area contributed by atoms with Crippen LogP contribution < -0.4 is 5.32 Å². The summed E-state index contributed by atoms with van der Waals surface area (Å²) < 4.78 is 4.15. The number of likely N-dealkylation sites (N-methyl/N-ethyl adjacent to an activating group) is 1. The molecule has 1 fully saturated rings. The molecule has 9 heteroatoms. The number of fused-ring (bicyclic) bond motifs is 3. The van der Waals surface area contributed by atoms with Gasteiger partial charge in [0.15, 0.2) is 11.5 Å². The van der Waals surface area contributed by atoms with E-state index in [-0.39, 0.29) is 0 Å². The summed E-state index contributed by atoms with van der Waals surface area (Å²) in [7, 11) is 2.19. The van der Waals surface area contributed by atoms with Crippen molar-refractivity contribution in [3.8, 4) is 5.69 Å². The Morgan fingerprint density at radius 3 is 2.67 bits per heavy atom. The van der Waals surface area contributed by atoms with Crippen LogP contribution in [-0.2, 0) is 19.5 Å². The summed E-state index contributed by atoms with van der Waals surface area (Å²) in [6.45, 7) is 6.50. The first-order valence-corrected chi connectivity index (χ1v) is 11.7. The van der Waals surface area contributed by atoms with Crippen molar-refractivity contribution < 1.29 is 0 Å². The normalized spacial score (nSPS) is 17.4. The smallest absolute Gasteiger partial charge is 0.183 e. The Hall–Kier alpha value is -3.30. The zero-order chi connectivity index (χ0) is 22.2. The molecule has 0 aliphatic carbocycles. The highest BCUT2D eigenvalue weighted by Gasteiger charge is 2.19. The second kappa shape index (κ2) is 8.57. The van der Waals surface area contributed by atoms with Crippen LogP contribution in [0.4, 0.5) is 11.5 Å². The molecule has 0 bridgehead atoms. The van der Waals surface area contributed by atoms with Crippen LogP contribution in [0.3, 0.4) is 0 Å². The minimum atomic E-state index is 0.757. The number of nitrogens with one attached hydrogen (secondary N) is 1. The lowest BCUT2D eigenvalue weighted by Crippen LogP contribution is -2.43. The summed E-state index contributed by atoms with van der Waals surface area (Å²) >= 11 is 0. The van der Waals surface area contributed by atoms with E-state index in [1.54, 1.807) is 6.33 Å². The summed E-state index contributed by atoms with van der Waals surface area (Å²) in [5.74, 6) is 1.88. The highest BCUT2D eigenvalue weighted by Crippen LogP contribution is 2.27. The van der Waals surface area contributed by atoms with Crippen molar-refractivity contribution in [3.05, 3.63) is 54.4 Å². The molecule has 0 unspecified atom stereocenters. The average Bonchev–Trinajstić information content (AvgIpc) is 3.46. The van der Waals surface area contributed by atoms with Crippen molar-refractivity contribution in [1.29, 1.82) is 0 Å². The molecule has 2 aliphatic rings. The van der Waals surface area contributed by atoms with Gasteiger partial charge in [0, 0.05) is 45.7 Å². The van der Waals surface area contributed by atoms with Gasteiger partial charge in [-0.2, -0.15) is 5.10 Å². The number of aromatic nitrogens is 6. The van der Waals surface area contributed by atoms with Gasteiger partial charge in [-0.05, 0) is 37.6 Å². The van der Waals surface area contributed by atoms with E-state index >= 15 is 0 Å². The second-order valence-corrected chi connectivity index (χ2v) is 9.08. The van der Waals surface area contributed by atoms with Gasteiger partial charge in [-0.25, -0.2) is 19.6 Å². The van der Waals surface area contributed by atoms with Gasteiger partial charge in [0.1, 0.15) is 17.7 Å². The number of aryl methyl sites for hydroxylation is 2. The van der Waals surface area contributed by atoms with Crippen LogP contribution in [0.5, 0.6) is 0 Å². The summed E-state index contributed by atoms with van der Waals surface area (Å²) in [6, 6.07) is 8.68. The zero-order valence-corrected chi connectivity index (χ0v) is 19.0. The predicted molar refractivity (Wildman–Crippen MR) is 128 cm³/mol. The summed E-state index contributed by atoms with van der Waals surface area (Å²) in [6.07, 6.45) is 8.75. The minimum Gasteiger partial charge on any atom is -0.336 e. The maximum absolute atomic E-state index is 4.71. The minimum absolute atomic E-state index is 0.757. The van der Waals surface area contributed by atoms with Crippen LogP contribution >= 0.6 is 0 Å². The van der Waals surface area contributed by atoms with Gasteiger partial charge < -0.3 is 14.8 Å². The summed E-state index contributed by atoms with van der Waals surface area (Å²) in [5.41, 5.74) is 5.01. The van der Waals surface area contributed by atoms with Gasteiger partial charge in [0.05, 0.1) is 23.8 Å². The van der Waals surface area contributed by atoms with Gasteiger partial charge in [0.25, 0.3) is 0 Å². The van der Waals surface area contributed by atoms with E-state index in [1.807, 2.05) is 17.1 Å². The molecule has 5 heterocycles. The lowest BCUT2D eigenvalue weighted by atomic mass is 10.2. The maximum atomic E-state index is 4.71. The molecular formula is C24H29N9. The van der Waals surface area contributed by atoms with Gasteiger partial charge >= 0.3 is 0 Å². The van der Waals surface area contributed by atoms with Crippen molar-refractivity contribution >= 4 is 22.7 Å². The molecular weight excluding hydrogens is 414 g/mol. The topological polar surface area (TPSA) is 79.9 Å². The van der Waals surface area contributed by atoms with Crippen molar-refractivity contribution in [1.82, 2.24) is 39.1 Å². The molecule has 0 amide bonds. The number of rotatable bonds is 5. The first-order chi connectivity index (χ1) is 16.2. The first-order valence-electron chi connectivity index (χ1n) is 11.7. The number of imidazole rings is 1. The molecule has 1 aromatic carbocycles. The first kappa shape index (κ1) is 20.3. The molecule has 170 valence electrons. The van der Waals surface area contributed by atoms with Crippen LogP contribution in [0, 0.1) is 0 Å². The van der Waals surface area contributed by atoms with Crippen molar-refractivity contribution in [2.45, 2.75) is 32.4 Å². The Balaban J connectivity index is 1.18. The van der Waals surface area contributed by atoms with E-state index in [0.29, 0.717) is 0 Å². The molecule has 9 nitrogen and oxygen atoms in total. The molecule has 0 spiro atoms. The third kappa shape index (κ3) is 4.09. The molecule has 1 N–H and O–H groups in total. The van der Waals surface area contributed by atoms with Gasteiger partial charge in [-0.15, -0.1) is 0 Å². The van der Waals surface area contributed by atoms with E-state index in [1.165, 1.54) is 12.0 Å². The van der Waals surface area contributed by atoms with Crippen molar-refractivity contribution in [2.24, 2.45) is 0 Å². The fourth-order valence-corrected chi connectivity index (χ4v) is 4.77. The van der Waals surface area contributed by atoms with E-state index in [2.05, 4.69) is 66.1 Å². The lowest BCUT2D eigenvalue weighted by Gasteiger charge is -2.32. The van der Waals surface area contributed by atoms with Gasteiger partial charge in [-0.3, -0.25) is 4.90 Å². The number of hydrogen-bond acceptors (Lipinski definition) is 7. The highest BCUT2D eigenvalue weighted by molar-refractivity contribution is 5.85. The van der Waals surface area contributed by atoms with E-state index in [0.717, 1.165) is 86.3 Å². The molecule has 0 saturated carbocycles. The molecule has 0 atom stereocenters. The molecule has 1 saturated heterocycles. The van der Waals surface area contributed by atoms with E-state index in [4.69, 9.17) is 4.98 Å². The molecule has 2 aliphatic heterocycles. The molecule has 6 rings (SSSR count). The van der Waals surface area contributed by atoms with Gasteiger partial charge in [-0.1, -0.05) is 12.1 Å². The van der Waals surface area contributed by atoms with Crippen LogP contribution in [0.1, 0.15) is 24.2 Å². The molecule has 0 radical (unpaired) electrons. The molecule has 33 heavy (non-hydrogen) atoms.